The van der Waals surface area contributed by atoms with Crippen LogP contribution in [0.5, 0.6) is 0 Å². The zero-order chi connectivity index (χ0) is 12.4. The zero-order valence-electron chi connectivity index (χ0n) is 10.6. The van der Waals surface area contributed by atoms with Gasteiger partial charge in [-0.25, -0.2) is 0 Å². The van der Waals surface area contributed by atoms with Gasteiger partial charge in [0, 0.05) is 24.3 Å². The first-order valence-corrected chi connectivity index (χ1v) is 6.81. The van der Waals surface area contributed by atoms with Gasteiger partial charge >= 0.3 is 0 Å². The van der Waals surface area contributed by atoms with Crippen molar-refractivity contribution in [2.75, 3.05) is 11.9 Å². The van der Waals surface area contributed by atoms with Gasteiger partial charge in [0.25, 0.3) is 0 Å². The second-order valence-electron chi connectivity index (χ2n) is 4.86. The van der Waals surface area contributed by atoms with E-state index in [1.54, 1.807) is 0 Å². The topological polar surface area (TPSA) is 20.3 Å². The molecule has 1 aliphatic rings. The van der Waals surface area contributed by atoms with Gasteiger partial charge < -0.3 is 4.90 Å². The minimum Gasteiger partial charge on any atom is -0.371 e. The summed E-state index contributed by atoms with van der Waals surface area (Å²) in [4.78, 5) is 13.9. The monoisotopic (exact) mass is 249 g/mol. The SMILES string of the molecule is Cc1c(C(=O)P)cccc1N(C)C1CCCC1. The normalized spacial score (nSPS) is 16.2. The van der Waals surface area contributed by atoms with Crippen LogP contribution in [-0.4, -0.2) is 18.6 Å². The fourth-order valence-electron chi connectivity index (χ4n) is 2.76. The second kappa shape index (κ2) is 5.18. The van der Waals surface area contributed by atoms with Crippen molar-refractivity contribution in [3.05, 3.63) is 29.3 Å². The molecule has 0 radical (unpaired) electrons. The predicted octanol–water partition coefficient (Wildman–Crippen LogP) is 3.39. The van der Waals surface area contributed by atoms with E-state index in [4.69, 9.17) is 0 Å². The van der Waals surface area contributed by atoms with Crippen LogP contribution in [0, 0.1) is 6.92 Å². The lowest BCUT2D eigenvalue weighted by Gasteiger charge is -2.28. The van der Waals surface area contributed by atoms with Crippen LogP contribution >= 0.6 is 9.24 Å². The molecule has 2 rings (SSSR count). The Kier molecular flexibility index (Phi) is 3.83. The van der Waals surface area contributed by atoms with Gasteiger partial charge in [0.05, 0.1) is 0 Å². The Labute approximate surface area is 106 Å². The highest BCUT2D eigenvalue weighted by molar-refractivity contribution is 7.41. The van der Waals surface area contributed by atoms with Crippen molar-refractivity contribution in [2.24, 2.45) is 0 Å². The molecule has 17 heavy (non-hydrogen) atoms. The van der Waals surface area contributed by atoms with E-state index in [1.165, 1.54) is 31.4 Å². The number of benzene rings is 1. The van der Waals surface area contributed by atoms with Gasteiger partial charge in [-0.3, -0.25) is 4.79 Å². The third-order valence-corrected chi connectivity index (χ3v) is 4.13. The molecule has 1 aromatic rings. The maximum atomic E-state index is 11.5. The molecule has 0 aliphatic heterocycles. The Hall–Kier alpha value is -0.880. The quantitative estimate of drug-likeness (QED) is 0.765. The summed E-state index contributed by atoms with van der Waals surface area (Å²) in [6.45, 7) is 2.04. The van der Waals surface area contributed by atoms with Crippen molar-refractivity contribution >= 4 is 20.5 Å². The number of carbonyl (C=O) groups is 1. The van der Waals surface area contributed by atoms with Gasteiger partial charge in [-0.05, 0) is 31.4 Å². The molecule has 0 aromatic heterocycles. The van der Waals surface area contributed by atoms with Crippen molar-refractivity contribution in [2.45, 2.75) is 38.6 Å². The predicted molar refractivity (Wildman–Crippen MR) is 75.9 cm³/mol. The number of anilines is 1. The van der Waals surface area contributed by atoms with E-state index in [-0.39, 0.29) is 5.52 Å². The first kappa shape index (κ1) is 12.6. The van der Waals surface area contributed by atoms with E-state index in [0.717, 1.165) is 11.1 Å². The molecule has 1 fully saturated rings. The minimum atomic E-state index is 0.0733. The summed E-state index contributed by atoms with van der Waals surface area (Å²) in [7, 11) is 4.41. The molecule has 0 heterocycles. The van der Waals surface area contributed by atoms with Crippen molar-refractivity contribution < 1.29 is 4.79 Å². The Morgan fingerprint density at radius 1 is 1.35 bits per heavy atom. The molecule has 2 nitrogen and oxygen atoms in total. The summed E-state index contributed by atoms with van der Waals surface area (Å²) in [5, 5.41) is 0. The number of nitrogens with zero attached hydrogens (tertiary/aromatic N) is 1. The van der Waals surface area contributed by atoms with Gasteiger partial charge in [0.2, 0.25) is 0 Å². The summed E-state index contributed by atoms with van der Waals surface area (Å²) in [5.74, 6) is 0. The summed E-state index contributed by atoms with van der Waals surface area (Å²) in [6, 6.07) is 6.63. The first-order chi connectivity index (χ1) is 8.11. The molecule has 1 aromatic carbocycles. The van der Waals surface area contributed by atoms with Crippen LogP contribution in [0.25, 0.3) is 0 Å². The fourth-order valence-corrected chi connectivity index (χ4v) is 3.07. The number of carbonyl (C=O) groups excluding carboxylic acids is 1. The molecular weight excluding hydrogens is 229 g/mol. The van der Waals surface area contributed by atoms with E-state index >= 15 is 0 Å². The van der Waals surface area contributed by atoms with E-state index < -0.39 is 0 Å². The zero-order valence-corrected chi connectivity index (χ0v) is 11.7. The minimum absolute atomic E-state index is 0.0733. The standard InChI is InChI=1S/C14H20NOP/c1-10-12(14(16)17)8-5-9-13(10)15(2)11-6-3-4-7-11/h5,8-9,11H,3-4,6-7,17H2,1-2H3. The van der Waals surface area contributed by atoms with Crippen molar-refractivity contribution in [3.8, 4) is 0 Å². The highest BCUT2D eigenvalue weighted by Crippen LogP contribution is 2.30. The van der Waals surface area contributed by atoms with Gasteiger partial charge in [-0.2, -0.15) is 0 Å². The van der Waals surface area contributed by atoms with Crippen LogP contribution in [-0.2, 0) is 0 Å². The van der Waals surface area contributed by atoms with E-state index in [0.29, 0.717) is 6.04 Å². The van der Waals surface area contributed by atoms with Crippen LogP contribution in [0.2, 0.25) is 0 Å². The molecule has 0 amide bonds. The Morgan fingerprint density at radius 3 is 2.59 bits per heavy atom. The lowest BCUT2D eigenvalue weighted by atomic mass is 10.1. The fraction of sp³-hybridized carbons (Fsp3) is 0.500. The number of rotatable bonds is 3. The smallest absolute Gasteiger partial charge is 0.178 e. The second-order valence-corrected chi connectivity index (χ2v) is 5.39. The van der Waals surface area contributed by atoms with Crippen molar-refractivity contribution in [1.82, 2.24) is 0 Å². The summed E-state index contributed by atoms with van der Waals surface area (Å²) < 4.78 is 0. The largest absolute Gasteiger partial charge is 0.371 e. The maximum absolute atomic E-state index is 11.5. The van der Waals surface area contributed by atoms with E-state index in [1.807, 2.05) is 19.1 Å². The van der Waals surface area contributed by atoms with E-state index in [2.05, 4.69) is 27.3 Å². The molecule has 0 spiro atoms. The highest BCUT2D eigenvalue weighted by atomic mass is 31.0. The summed E-state index contributed by atoms with van der Waals surface area (Å²) in [5.41, 5.74) is 3.19. The van der Waals surface area contributed by atoms with E-state index in [9.17, 15) is 4.79 Å². The lowest BCUT2D eigenvalue weighted by Crippen LogP contribution is -2.29. The lowest BCUT2D eigenvalue weighted by molar-refractivity contribution is 0.108. The molecule has 3 heteroatoms. The Balaban J connectivity index is 2.31. The Bertz CT molecular complexity index is 424. The summed E-state index contributed by atoms with van der Waals surface area (Å²) >= 11 is 0. The number of hydrogen-bond acceptors (Lipinski definition) is 2. The third kappa shape index (κ3) is 2.52. The van der Waals surface area contributed by atoms with Gasteiger partial charge in [0.1, 0.15) is 0 Å². The molecule has 92 valence electrons. The third-order valence-electron chi connectivity index (χ3n) is 3.82. The van der Waals surface area contributed by atoms with Gasteiger partial charge in [-0.15, -0.1) is 0 Å². The molecule has 0 bridgehead atoms. The molecule has 1 unspecified atom stereocenters. The molecule has 1 atom stereocenters. The van der Waals surface area contributed by atoms with Gasteiger partial charge in [0.15, 0.2) is 5.52 Å². The molecule has 1 aliphatic carbocycles. The molecule has 1 saturated carbocycles. The highest BCUT2D eigenvalue weighted by Gasteiger charge is 2.21. The van der Waals surface area contributed by atoms with Crippen LogP contribution in [0.15, 0.2) is 18.2 Å². The molecular formula is C14H20NOP. The van der Waals surface area contributed by atoms with Crippen molar-refractivity contribution in [1.29, 1.82) is 0 Å². The first-order valence-electron chi connectivity index (χ1n) is 6.23. The summed E-state index contributed by atoms with van der Waals surface area (Å²) in [6.07, 6.45) is 5.20. The van der Waals surface area contributed by atoms with Crippen LogP contribution in [0.1, 0.15) is 41.6 Å². The van der Waals surface area contributed by atoms with Crippen LogP contribution in [0.4, 0.5) is 5.69 Å². The molecule has 0 N–H and O–H groups in total. The Morgan fingerprint density at radius 2 is 2.00 bits per heavy atom. The van der Waals surface area contributed by atoms with Crippen LogP contribution < -0.4 is 4.90 Å². The average molecular weight is 249 g/mol. The molecule has 0 saturated heterocycles. The number of hydrogen-bond donors (Lipinski definition) is 0. The van der Waals surface area contributed by atoms with Gasteiger partial charge in [-0.1, -0.05) is 34.2 Å². The van der Waals surface area contributed by atoms with Crippen molar-refractivity contribution in [3.63, 3.8) is 0 Å². The average Bonchev–Trinajstić information content (AvgIpc) is 2.81. The van der Waals surface area contributed by atoms with Crippen LogP contribution in [0.3, 0.4) is 0 Å². The maximum Gasteiger partial charge on any atom is 0.178 e.